The summed E-state index contributed by atoms with van der Waals surface area (Å²) in [5, 5.41) is 32.1. The van der Waals surface area contributed by atoms with E-state index in [9.17, 15) is 29.7 Å². The van der Waals surface area contributed by atoms with Crippen molar-refractivity contribution < 1.29 is 34.2 Å². The average molecular weight is 554 g/mol. The van der Waals surface area contributed by atoms with Crippen molar-refractivity contribution >= 4 is 17.9 Å². The molecule has 7 nitrogen and oxygen atoms in total. The molecule has 0 rings (SSSR count). The summed E-state index contributed by atoms with van der Waals surface area (Å²) in [4.78, 5) is 36.6. The second-order valence-corrected chi connectivity index (χ2v) is 11.1. The number of carboxylic acids is 3. The maximum atomic E-state index is 12.2. The number of hydrogen-bond acceptors (Lipinski definition) is 4. The molecule has 0 amide bonds. The lowest BCUT2D eigenvalue weighted by molar-refractivity contribution is -0.974. The molecule has 2 N–H and O–H groups in total. The Balaban J connectivity index is 4.64. The molecule has 0 spiro atoms. The van der Waals surface area contributed by atoms with Crippen LogP contribution in [0.4, 0.5) is 0 Å². The van der Waals surface area contributed by atoms with E-state index in [-0.39, 0.29) is 25.8 Å². The van der Waals surface area contributed by atoms with E-state index in [1.165, 1.54) is 70.6 Å². The molecule has 0 radical (unpaired) electrons. The third kappa shape index (κ3) is 13.8. The van der Waals surface area contributed by atoms with Crippen LogP contribution in [0.1, 0.15) is 150 Å². The number of hydrogen-bond donors (Lipinski definition) is 2. The number of allylic oxidation sites excluding steroid dienone is 2. The predicted octanol–water partition coefficient (Wildman–Crippen LogP) is 6.88. The molecule has 0 saturated carbocycles. The van der Waals surface area contributed by atoms with Gasteiger partial charge in [0.1, 0.15) is 6.04 Å². The topological polar surface area (TPSA) is 115 Å². The fraction of sp³-hybridized carbons (Fsp3) is 0.844. The largest absolute Gasteiger partial charge is 0.544 e. The molecule has 3 atom stereocenters. The molecule has 0 aromatic heterocycles. The van der Waals surface area contributed by atoms with Gasteiger partial charge in [-0.1, -0.05) is 104 Å². The maximum absolute atomic E-state index is 12.2. The second-order valence-electron chi connectivity index (χ2n) is 11.1. The van der Waals surface area contributed by atoms with Crippen LogP contribution in [-0.4, -0.2) is 57.3 Å². The van der Waals surface area contributed by atoms with Gasteiger partial charge >= 0.3 is 11.9 Å². The Morgan fingerprint density at radius 1 is 0.590 bits per heavy atom. The van der Waals surface area contributed by atoms with Crippen LogP contribution in [0.25, 0.3) is 0 Å². The molecule has 0 bridgehead atoms. The van der Waals surface area contributed by atoms with Crippen molar-refractivity contribution in [2.45, 2.75) is 168 Å². The number of rotatable bonds is 27. The summed E-state index contributed by atoms with van der Waals surface area (Å²) in [6, 6.07) is -3.41. The molecule has 0 aliphatic carbocycles. The van der Waals surface area contributed by atoms with Gasteiger partial charge in [0, 0.05) is 19.3 Å². The molecular weight excluding hydrogens is 494 g/mol. The first-order valence-corrected chi connectivity index (χ1v) is 15.9. The average Bonchev–Trinajstić information content (AvgIpc) is 2.88. The van der Waals surface area contributed by atoms with E-state index in [4.69, 9.17) is 0 Å². The molecular formula is C32H59NO6. The minimum atomic E-state index is -1.37. The number of unbranched alkanes of at least 4 members (excludes halogenated alkanes) is 14. The minimum absolute atomic E-state index is 0.123. The van der Waals surface area contributed by atoms with Gasteiger partial charge in [-0.2, -0.15) is 0 Å². The second kappa shape index (κ2) is 22.9. The molecule has 228 valence electrons. The Kier molecular flexibility index (Phi) is 21.8. The van der Waals surface area contributed by atoms with Gasteiger partial charge < -0.3 is 20.1 Å². The molecule has 0 saturated heterocycles. The number of nitrogens with zero attached hydrogens (tertiary/aromatic N) is 1. The van der Waals surface area contributed by atoms with E-state index in [1.54, 1.807) is 20.8 Å². The quantitative estimate of drug-likeness (QED) is 0.0651. The molecule has 0 aromatic rings. The Morgan fingerprint density at radius 3 is 1.28 bits per heavy atom. The van der Waals surface area contributed by atoms with Gasteiger partial charge in [0.2, 0.25) is 0 Å². The van der Waals surface area contributed by atoms with E-state index in [0.717, 1.165) is 25.7 Å². The van der Waals surface area contributed by atoms with Crippen LogP contribution in [0.3, 0.4) is 0 Å². The van der Waals surface area contributed by atoms with Crippen molar-refractivity contribution in [3.05, 3.63) is 12.2 Å². The van der Waals surface area contributed by atoms with Gasteiger partial charge in [-0.25, -0.2) is 9.59 Å². The highest BCUT2D eigenvalue weighted by Gasteiger charge is 2.53. The first kappa shape index (κ1) is 37.1. The van der Waals surface area contributed by atoms with Crippen LogP contribution in [0, 0.1) is 0 Å². The van der Waals surface area contributed by atoms with Gasteiger partial charge in [0.05, 0.1) is 12.5 Å². The lowest BCUT2D eigenvalue weighted by Gasteiger charge is -2.51. The zero-order chi connectivity index (χ0) is 29.5. The molecule has 0 aliphatic heterocycles. The third-order valence-corrected chi connectivity index (χ3v) is 8.30. The lowest BCUT2D eigenvalue weighted by atomic mass is 9.94. The summed E-state index contributed by atoms with van der Waals surface area (Å²) >= 11 is 0. The van der Waals surface area contributed by atoms with Crippen LogP contribution in [-0.2, 0) is 14.4 Å². The van der Waals surface area contributed by atoms with Crippen molar-refractivity contribution in [2.24, 2.45) is 0 Å². The van der Waals surface area contributed by atoms with Crippen molar-refractivity contribution in [3.63, 3.8) is 0 Å². The Hall–Kier alpha value is -1.89. The number of aliphatic carboxylic acids is 3. The summed E-state index contributed by atoms with van der Waals surface area (Å²) in [5.41, 5.74) is 0. The number of carboxylic acid groups (broad SMARTS) is 3. The first-order chi connectivity index (χ1) is 18.7. The fourth-order valence-electron chi connectivity index (χ4n) is 6.25. The molecule has 0 aromatic carbocycles. The van der Waals surface area contributed by atoms with Gasteiger partial charge in [-0.15, -0.1) is 0 Å². The molecule has 3 unspecified atom stereocenters. The number of quaternary nitrogens is 1. The monoisotopic (exact) mass is 553 g/mol. The molecule has 0 fully saturated rings. The minimum Gasteiger partial charge on any atom is -0.544 e. The first-order valence-electron chi connectivity index (χ1n) is 15.9. The van der Waals surface area contributed by atoms with Crippen molar-refractivity contribution in [2.75, 3.05) is 6.54 Å². The Bertz CT molecular complexity index is 637. The number of carbonyl (C=O) groups is 3. The van der Waals surface area contributed by atoms with Gasteiger partial charge in [0.25, 0.3) is 0 Å². The van der Waals surface area contributed by atoms with E-state index >= 15 is 0 Å². The smallest absolute Gasteiger partial charge is 0.362 e. The molecule has 0 heterocycles. The van der Waals surface area contributed by atoms with E-state index < -0.39 is 40.5 Å². The fourth-order valence-corrected chi connectivity index (χ4v) is 6.25. The summed E-state index contributed by atoms with van der Waals surface area (Å²) in [7, 11) is 0. The van der Waals surface area contributed by atoms with E-state index in [2.05, 4.69) is 19.1 Å². The Morgan fingerprint density at radius 2 is 0.949 bits per heavy atom. The van der Waals surface area contributed by atoms with Gasteiger partial charge in [0.15, 0.2) is 12.1 Å². The molecule has 39 heavy (non-hydrogen) atoms. The summed E-state index contributed by atoms with van der Waals surface area (Å²) in [6.07, 6.45) is 23.9. The maximum Gasteiger partial charge on any atom is 0.362 e. The van der Waals surface area contributed by atoms with Crippen LogP contribution in [0.2, 0.25) is 0 Å². The van der Waals surface area contributed by atoms with E-state index in [0.29, 0.717) is 6.42 Å². The van der Waals surface area contributed by atoms with Crippen LogP contribution in [0.15, 0.2) is 12.2 Å². The summed E-state index contributed by atoms with van der Waals surface area (Å²) in [6.45, 7) is 7.48. The highest BCUT2D eigenvalue weighted by Crippen LogP contribution is 2.32. The van der Waals surface area contributed by atoms with Crippen LogP contribution >= 0.6 is 0 Å². The zero-order valence-electron chi connectivity index (χ0n) is 25.5. The van der Waals surface area contributed by atoms with Crippen LogP contribution < -0.4 is 5.11 Å². The summed E-state index contributed by atoms with van der Waals surface area (Å²) in [5.74, 6) is -3.67. The summed E-state index contributed by atoms with van der Waals surface area (Å²) < 4.78 is -0.481. The van der Waals surface area contributed by atoms with Gasteiger partial charge in [-0.05, 0) is 38.5 Å². The molecule has 0 aliphatic rings. The third-order valence-electron chi connectivity index (χ3n) is 8.30. The SMILES string of the molecule is CCCCCCCCCCCCC/C=C/CCCCC[N+](C(CC)C(=O)[O-])(C(CC)C(=O)O)C(CC)C(=O)O. The zero-order valence-corrected chi connectivity index (χ0v) is 25.5. The number of carbonyl (C=O) groups excluding carboxylic acids is 1. The lowest BCUT2D eigenvalue weighted by Crippen LogP contribution is -2.73. The highest BCUT2D eigenvalue weighted by atomic mass is 16.4. The normalized spacial score (nSPS) is 15.6. The van der Waals surface area contributed by atoms with Gasteiger partial charge in [-0.3, -0.25) is 4.48 Å². The Labute approximate surface area is 238 Å². The van der Waals surface area contributed by atoms with Crippen molar-refractivity contribution in [1.82, 2.24) is 0 Å². The highest BCUT2D eigenvalue weighted by molar-refractivity contribution is 5.77. The standard InChI is InChI=1S/C32H59NO6/c1-5-9-10-11-12-13-14-15-16-17-18-19-20-21-22-23-24-25-26-33(27(6-2)30(34)35,28(7-3)31(36)37)29(8-4)32(38)39/h20-21,27-29H,5-19,22-26H2,1-4H3,(H2-,34,35,36,37,38,39)/b21-20+. The van der Waals surface area contributed by atoms with Crippen molar-refractivity contribution in [3.8, 4) is 0 Å². The van der Waals surface area contributed by atoms with Crippen molar-refractivity contribution in [1.29, 1.82) is 0 Å². The molecule has 7 heteroatoms. The van der Waals surface area contributed by atoms with Crippen LogP contribution in [0.5, 0.6) is 0 Å². The van der Waals surface area contributed by atoms with E-state index in [1.807, 2.05) is 0 Å². The predicted molar refractivity (Wildman–Crippen MR) is 156 cm³/mol.